The maximum Gasteiger partial charge on any atom is 0.250 e. The highest BCUT2D eigenvalue weighted by molar-refractivity contribution is 7.91. The summed E-state index contributed by atoms with van der Waals surface area (Å²) in [6, 6.07) is -0.438. The average molecular weight is 218 g/mol. The summed E-state index contributed by atoms with van der Waals surface area (Å²) in [6.45, 7) is 3.74. The van der Waals surface area contributed by atoms with Crippen molar-refractivity contribution in [3.8, 4) is 0 Å². The first-order valence-electron chi connectivity index (χ1n) is 4.35. The van der Waals surface area contributed by atoms with Crippen LogP contribution in [-0.4, -0.2) is 38.2 Å². The Bertz CT molecular complexity index is 370. The quantitative estimate of drug-likeness (QED) is 0.699. The molecule has 0 aromatic heterocycles. The third-order valence-electron chi connectivity index (χ3n) is 1.86. The van der Waals surface area contributed by atoms with Crippen LogP contribution >= 0.6 is 0 Å². The fourth-order valence-electron chi connectivity index (χ4n) is 1.25. The number of nitrogens with zero attached hydrogens (tertiary/aromatic N) is 1. The Balaban J connectivity index is 2.76. The highest BCUT2D eigenvalue weighted by Crippen LogP contribution is 2.11. The van der Waals surface area contributed by atoms with Gasteiger partial charge < -0.3 is 5.32 Å². The maximum absolute atomic E-state index is 11.3. The number of hydrogen-bond acceptors (Lipinski definition) is 4. The summed E-state index contributed by atoms with van der Waals surface area (Å²) in [5.74, 6) is -0.0518. The van der Waals surface area contributed by atoms with Crippen molar-refractivity contribution in [3.05, 3.63) is 0 Å². The first-order valence-corrected chi connectivity index (χ1v) is 6.41. The van der Waals surface area contributed by atoms with Gasteiger partial charge >= 0.3 is 0 Å². The van der Waals surface area contributed by atoms with Crippen LogP contribution in [0.5, 0.6) is 0 Å². The predicted molar refractivity (Wildman–Crippen MR) is 53.9 cm³/mol. The van der Waals surface area contributed by atoms with Gasteiger partial charge in [-0.25, -0.2) is 8.42 Å². The Kier molecular flexibility index (Phi) is 2.94. The lowest BCUT2D eigenvalue weighted by molar-refractivity contribution is -0.120. The fraction of sp³-hybridized carbons (Fsp3) is 0.750. The predicted octanol–water partition coefficient (Wildman–Crippen LogP) is -0.416. The summed E-state index contributed by atoms with van der Waals surface area (Å²) in [7, 11) is -3.13. The second-order valence-electron chi connectivity index (χ2n) is 3.82. The molecule has 80 valence electrons. The molecule has 0 radical (unpaired) electrons. The van der Waals surface area contributed by atoms with E-state index < -0.39 is 15.9 Å². The van der Waals surface area contributed by atoms with Gasteiger partial charge in [-0.3, -0.25) is 9.79 Å². The van der Waals surface area contributed by atoms with Gasteiger partial charge in [-0.2, -0.15) is 0 Å². The summed E-state index contributed by atoms with van der Waals surface area (Å²) in [6.07, 6.45) is 1.12. The SMILES string of the molecule is CC(C)C1N=C(CS(C)(=O)=O)NC1=O. The van der Waals surface area contributed by atoms with E-state index in [9.17, 15) is 13.2 Å². The topological polar surface area (TPSA) is 75.6 Å². The van der Waals surface area contributed by atoms with E-state index in [1.807, 2.05) is 13.8 Å². The molecule has 0 saturated heterocycles. The van der Waals surface area contributed by atoms with Crippen LogP contribution < -0.4 is 5.32 Å². The monoisotopic (exact) mass is 218 g/mol. The van der Waals surface area contributed by atoms with Gasteiger partial charge in [0.15, 0.2) is 9.84 Å². The number of hydrogen-bond donors (Lipinski definition) is 1. The number of rotatable bonds is 3. The minimum atomic E-state index is -3.13. The van der Waals surface area contributed by atoms with E-state index in [0.717, 1.165) is 6.26 Å². The first-order chi connectivity index (χ1) is 6.29. The van der Waals surface area contributed by atoms with Gasteiger partial charge in [-0.1, -0.05) is 13.8 Å². The minimum Gasteiger partial charge on any atom is -0.312 e. The molecule has 0 saturated carbocycles. The molecule has 1 rings (SSSR count). The van der Waals surface area contributed by atoms with E-state index in [1.54, 1.807) is 0 Å². The van der Waals surface area contributed by atoms with Gasteiger partial charge in [0.2, 0.25) is 5.91 Å². The van der Waals surface area contributed by atoms with Crippen molar-refractivity contribution in [1.82, 2.24) is 5.32 Å². The number of carbonyl (C=O) groups excluding carboxylic acids is 1. The number of sulfone groups is 1. The van der Waals surface area contributed by atoms with Gasteiger partial charge in [0, 0.05) is 6.26 Å². The molecule has 1 atom stereocenters. The molecule has 0 spiro atoms. The Morgan fingerprint density at radius 1 is 1.50 bits per heavy atom. The lowest BCUT2D eigenvalue weighted by Crippen LogP contribution is -2.33. The molecular formula is C8H14N2O3S. The molecule has 1 aliphatic heterocycles. The standard InChI is InChI=1S/C8H14N2O3S/c1-5(2)7-8(11)10-6(9-7)4-14(3,12)13/h5,7H,4H2,1-3H3,(H,9,10,11). The Morgan fingerprint density at radius 3 is 2.43 bits per heavy atom. The van der Waals surface area contributed by atoms with Crippen molar-refractivity contribution in [2.24, 2.45) is 10.9 Å². The summed E-state index contributed by atoms with van der Waals surface area (Å²) in [4.78, 5) is 15.3. The molecule has 0 fully saturated rings. The Morgan fingerprint density at radius 2 is 2.07 bits per heavy atom. The summed E-state index contributed by atoms with van der Waals surface area (Å²) in [5.41, 5.74) is 0. The van der Waals surface area contributed by atoms with Crippen LogP contribution in [0, 0.1) is 5.92 Å². The summed E-state index contributed by atoms with van der Waals surface area (Å²) < 4.78 is 21.9. The van der Waals surface area contributed by atoms with Gasteiger partial charge in [-0.05, 0) is 5.92 Å². The van der Waals surface area contributed by atoms with Gasteiger partial charge in [-0.15, -0.1) is 0 Å². The average Bonchev–Trinajstić information content (AvgIpc) is 2.26. The summed E-state index contributed by atoms with van der Waals surface area (Å²) in [5, 5.41) is 2.47. The van der Waals surface area contributed by atoms with Crippen LogP contribution in [0.2, 0.25) is 0 Å². The van der Waals surface area contributed by atoms with E-state index in [0.29, 0.717) is 0 Å². The van der Waals surface area contributed by atoms with E-state index in [2.05, 4.69) is 10.3 Å². The second kappa shape index (κ2) is 3.68. The van der Waals surface area contributed by atoms with E-state index in [-0.39, 0.29) is 23.4 Å². The normalized spacial score (nSPS) is 22.4. The number of nitrogens with one attached hydrogen (secondary N) is 1. The smallest absolute Gasteiger partial charge is 0.250 e. The van der Waals surface area contributed by atoms with Crippen LogP contribution in [-0.2, 0) is 14.6 Å². The van der Waals surface area contributed by atoms with Gasteiger partial charge in [0.25, 0.3) is 0 Å². The molecule has 0 bridgehead atoms. The van der Waals surface area contributed by atoms with Crippen LogP contribution in [0.3, 0.4) is 0 Å². The summed E-state index contributed by atoms with van der Waals surface area (Å²) >= 11 is 0. The minimum absolute atomic E-state index is 0.0899. The van der Waals surface area contributed by atoms with Gasteiger partial charge in [0.1, 0.15) is 17.6 Å². The largest absolute Gasteiger partial charge is 0.312 e. The zero-order valence-electron chi connectivity index (χ0n) is 8.44. The zero-order valence-corrected chi connectivity index (χ0v) is 9.26. The molecule has 1 unspecified atom stereocenters. The second-order valence-corrected chi connectivity index (χ2v) is 5.96. The lowest BCUT2D eigenvalue weighted by Gasteiger charge is -2.06. The molecule has 14 heavy (non-hydrogen) atoms. The zero-order chi connectivity index (χ0) is 10.9. The van der Waals surface area contributed by atoms with Crippen LogP contribution in [0.4, 0.5) is 0 Å². The molecule has 0 aromatic rings. The Hall–Kier alpha value is -0.910. The first kappa shape index (κ1) is 11.2. The highest BCUT2D eigenvalue weighted by Gasteiger charge is 2.29. The van der Waals surface area contributed by atoms with Crippen LogP contribution in [0.15, 0.2) is 4.99 Å². The number of carbonyl (C=O) groups is 1. The van der Waals surface area contributed by atoms with E-state index in [1.165, 1.54) is 0 Å². The molecule has 5 nitrogen and oxygen atoms in total. The molecule has 6 heteroatoms. The Labute approximate surface area is 83.5 Å². The van der Waals surface area contributed by atoms with Crippen LogP contribution in [0.1, 0.15) is 13.8 Å². The van der Waals surface area contributed by atoms with Crippen molar-refractivity contribution in [1.29, 1.82) is 0 Å². The lowest BCUT2D eigenvalue weighted by atomic mass is 10.1. The number of amidine groups is 1. The fourth-order valence-corrected chi connectivity index (χ4v) is 1.89. The molecule has 1 heterocycles. The van der Waals surface area contributed by atoms with Crippen LogP contribution in [0.25, 0.3) is 0 Å². The molecule has 1 N–H and O–H groups in total. The molecular weight excluding hydrogens is 204 g/mol. The molecule has 0 aromatic carbocycles. The van der Waals surface area contributed by atoms with Crippen molar-refractivity contribution >= 4 is 21.6 Å². The van der Waals surface area contributed by atoms with E-state index >= 15 is 0 Å². The van der Waals surface area contributed by atoms with Crippen molar-refractivity contribution in [3.63, 3.8) is 0 Å². The molecule has 1 amide bonds. The number of amides is 1. The third-order valence-corrected chi connectivity index (χ3v) is 2.66. The van der Waals surface area contributed by atoms with Gasteiger partial charge in [0.05, 0.1) is 0 Å². The number of aliphatic imine (C=N–C) groups is 1. The van der Waals surface area contributed by atoms with Crippen molar-refractivity contribution in [2.75, 3.05) is 12.0 Å². The van der Waals surface area contributed by atoms with Crippen molar-refractivity contribution in [2.45, 2.75) is 19.9 Å². The maximum atomic E-state index is 11.3. The third kappa shape index (κ3) is 2.80. The highest BCUT2D eigenvalue weighted by atomic mass is 32.2. The molecule has 0 aliphatic carbocycles. The van der Waals surface area contributed by atoms with Crippen molar-refractivity contribution < 1.29 is 13.2 Å². The molecule has 1 aliphatic rings. The van der Waals surface area contributed by atoms with E-state index in [4.69, 9.17) is 0 Å².